The highest BCUT2D eigenvalue weighted by atomic mass is 32.1. The highest BCUT2D eigenvalue weighted by Gasteiger charge is 2.29. The van der Waals surface area contributed by atoms with E-state index in [0.29, 0.717) is 26.2 Å². The number of amides is 1. The molecular formula is C24H28FN5OS. The van der Waals surface area contributed by atoms with Crippen molar-refractivity contribution >= 4 is 33.3 Å². The quantitative estimate of drug-likeness (QED) is 0.603. The molecule has 32 heavy (non-hydrogen) atoms. The molecule has 5 rings (SSSR count). The summed E-state index contributed by atoms with van der Waals surface area (Å²) in [5.41, 5.74) is 1.54. The normalized spacial score (nSPS) is 17.1. The number of likely N-dealkylation sites (N-methyl/N-ethyl adjacent to an activating group) is 1. The summed E-state index contributed by atoms with van der Waals surface area (Å²) in [6.45, 7) is 9.87. The first-order valence-corrected chi connectivity index (χ1v) is 12.2. The summed E-state index contributed by atoms with van der Waals surface area (Å²) < 4.78 is 14.1. The molecular weight excluding hydrogens is 425 g/mol. The molecule has 0 N–H and O–H groups in total. The fourth-order valence-electron chi connectivity index (χ4n) is 4.65. The number of aromatic nitrogens is 2. The van der Waals surface area contributed by atoms with Crippen LogP contribution in [0.25, 0.3) is 10.2 Å². The molecule has 6 nitrogen and oxygen atoms in total. The van der Waals surface area contributed by atoms with Crippen LogP contribution in [0.3, 0.4) is 0 Å². The molecule has 0 aliphatic carbocycles. The van der Waals surface area contributed by atoms with Gasteiger partial charge in [-0.3, -0.25) is 9.69 Å². The number of nitrogens with zero attached hydrogens (tertiary/aromatic N) is 5. The van der Waals surface area contributed by atoms with Crippen molar-refractivity contribution in [3.8, 4) is 0 Å². The average molecular weight is 454 g/mol. The zero-order valence-electron chi connectivity index (χ0n) is 18.6. The van der Waals surface area contributed by atoms with Crippen molar-refractivity contribution in [1.29, 1.82) is 0 Å². The second kappa shape index (κ2) is 8.75. The second-order valence-corrected chi connectivity index (χ2v) is 9.46. The molecule has 0 spiro atoms. The molecule has 0 unspecified atom stereocenters. The number of benzene rings is 1. The summed E-state index contributed by atoms with van der Waals surface area (Å²) in [5.74, 6) is 1.17. The molecule has 4 heterocycles. The monoisotopic (exact) mass is 453 g/mol. The minimum absolute atomic E-state index is 0.144. The molecule has 3 aromatic rings. The molecule has 8 heteroatoms. The van der Waals surface area contributed by atoms with Gasteiger partial charge in [-0.25, -0.2) is 14.4 Å². The Bertz CT molecular complexity index is 1150. The Morgan fingerprint density at radius 1 is 1.09 bits per heavy atom. The van der Waals surface area contributed by atoms with Crippen molar-refractivity contribution in [2.24, 2.45) is 0 Å². The number of piperazine rings is 1. The van der Waals surface area contributed by atoms with E-state index in [1.165, 1.54) is 21.9 Å². The SMILES string of the molecule is CCc1nc(N2CCN(C(=O)c3ccccc3F)CC2)c2c3c(sc2n1)CN(CC)CC3. The maximum atomic E-state index is 14.1. The molecule has 0 bridgehead atoms. The highest BCUT2D eigenvalue weighted by molar-refractivity contribution is 7.19. The van der Waals surface area contributed by atoms with Crippen LogP contribution in [-0.2, 0) is 19.4 Å². The Morgan fingerprint density at radius 2 is 1.88 bits per heavy atom. The fraction of sp³-hybridized carbons (Fsp3) is 0.458. The molecule has 2 aliphatic heterocycles. The van der Waals surface area contributed by atoms with Crippen LogP contribution in [0.15, 0.2) is 24.3 Å². The van der Waals surface area contributed by atoms with Gasteiger partial charge in [0.2, 0.25) is 0 Å². The zero-order valence-corrected chi connectivity index (χ0v) is 19.4. The first kappa shape index (κ1) is 21.3. The molecule has 2 aromatic heterocycles. The van der Waals surface area contributed by atoms with Crippen molar-refractivity contribution in [3.05, 3.63) is 51.9 Å². The number of hydrogen-bond acceptors (Lipinski definition) is 6. The van der Waals surface area contributed by atoms with Crippen LogP contribution in [0.1, 0.15) is 40.5 Å². The van der Waals surface area contributed by atoms with Crippen molar-refractivity contribution in [2.45, 2.75) is 33.2 Å². The number of rotatable bonds is 4. The van der Waals surface area contributed by atoms with Gasteiger partial charge in [0.15, 0.2) is 0 Å². The van der Waals surface area contributed by atoms with Gasteiger partial charge in [-0.15, -0.1) is 11.3 Å². The van der Waals surface area contributed by atoms with Gasteiger partial charge in [-0.05, 0) is 30.7 Å². The highest BCUT2D eigenvalue weighted by Crippen LogP contribution is 2.39. The summed E-state index contributed by atoms with van der Waals surface area (Å²) in [5, 5.41) is 1.20. The summed E-state index contributed by atoms with van der Waals surface area (Å²) in [6, 6.07) is 6.21. The molecule has 0 radical (unpaired) electrons. The lowest BCUT2D eigenvalue weighted by molar-refractivity contribution is 0.0742. The minimum Gasteiger partial charge on any atom is -0.352 e. The van der Waals surface area contributed by atoms with Gasteiger partial charge >= 0.3 is 0 Å². The Balaban J connectivity index is 1.42. The third-order valence-electron chi connectivity index (χ3n) is 6.54. The maximum absolute atomic E-state index is 14.1. The van der Waals surface area contributed by atoms with Crippen molar-refractivity contribution in [3.63, 3.8) is 0 Å². The van der Waals surface area contributed by atoms with Gasteiger partial charge in [0.05, 0.1) is 10.9 Å². The third-order valence-corrected chi connectivity index (χ3v) is 7.65. The number of halogens is 1. The van der Waals surface area contributed by atoms with Gasteiger partial charge in [-0.2, -0.15) is 0 Å². The van der Waals surface area contributed by atoms with Crippen LogP contribution in [0.5, 0.6) is 0 Å². The van der Waals surface area contributed by atoms with E-state index in [2.05, 4.69) is 23.6 Å². The predicted octanol–water partition coefficient (Wildman–Crippen LogP) is 3.73. The summed E-state index contributed by atoms with van der Waals surface area (Å²) >= 11 is 1.81. The predicted molar refractivity (Wildman–Crippen MR) is 126 cm³/mol. The Labute approximate surface area is 191 Å². The van der Waals surface area contributed by atoms with E-state index in [-0.39, 0.29) is 11.5 Å². The molecule has 0 atom stereocenters. The minimum atomic E-state index is -0.462. The van der Waals surface area contributed by atoms with Gasteiger partial charge in [0.25, 0.3) is 5.91 Å². The number of anilines is 1. The molecule has 2 aliphatic rings. The van der Waals surface area contributed by atoms with Crippen LogP contribution in [0.4, 0.5) is 10.2 Å². The molecule has 1 aromatic carbocycles. The lowest BCUT2D eigenvalue weighted by atomic mass is 10.0. The molecule has 1 amide bonds. The number of aryl methyl sites for hydroxylation is 1. The number of carbonyl (C=O) groups excluding carboxylic acids is 1. The zero-order chi connectivity index (χ0) is 22.2. The van der Waals surface area contributed by atoms with E-state index in [1.54, 1.807) is 34.4 Å². The van der Waals surface area contributed by atoms with Gasteiger partial charge in [0.1, 0.15) is 22.3 Å². The van der Waals surface area contributed by atoms with Gasteiger partial charge < -0.3 is 9.80 Å². The first-order valence-electron chi connectivity index (χ1n) is 11.4. The Kier molecular flexibility index (Phi) is 5.82. The van der Waals surface area contributed by atoms with Gasteiger partial charge in [0, 0.05) is 50.6 Å². The first-order chi connectivity index (χ1) is 15.6. The van der Waals surface area contributed by atoms with E-state index in [1.807, 2.05) is 0 Å². The van der Waals surface area contributed by atoms with Crippen LogP contribution in [0.2, 0.25) is 0 Å². The Morgan fingerprint density at radius 3 is 2.59 bits per heavy atom. The lowest BCUT2D eigenvalue weighted by Gasteiger charge is -2.36. The van der Waals surface area contributed by atoms with Crippen molar-refractivity contribution in [2.75, 3.05) is 44.2 Å². The van der Waals surface area contributed by atoms with E-state index in [9.17, 15) is 9.18 Å². The largest absolute Gasteiger partial charge is 0.352 e. The van der Waals surface area contributed by atoms with E-state index < -0.39 is 5.82 Å². The van der Waals surface area contributed by atoms with Crippen molar-refractivity contribution < 1.29 is 9.18 Å². The van der Waals surface area contributed by atoms with Crippen molar-refractivity contribution in [1.82, 2.24) is 19.8 Å². The number of thiophene rings is 1. The summed E-state index contributed by atoms with van der Waals surface area (Å²) in [4.78, 5) is 31.6. The van der Waals surface area contributed by atoms with Crippen LogP contribution in [0, 0.1) is 5.82 Å². The third kappa shape index (κ3) is 3.75. The smallest absolute Gasteiger partial charge is 0.256 e. The Hall–Kier alpha value is -2.58. The second-order valence-electron chi connectivity index (χ2n) is 8.38. The topological polar surface area (TPSA) is 52.6 Å². The summed E-state index contributed by atoms with van der Waals surface area (Å²) in [6.07, 6.45) is 1.81. The lowest BCUT2D eigenvalue weighted by Crippen LogP contribution is -2.49. The number of hydrogen-bond donors (Lipinski definition) is 0. The molecule has 1 fully saturated rings. The molecule has 168 valence electrons. The van der Waals surface area contributed by atoms with E-state index in [0.717, 1.165) is 48.9 Å². The summed E-state index contributed by atoms with van der Waals surface area (Å²) in [7, 11) is 0. The van der Waals surface area contributed by atoms with Crippen LogP contribution < -0.4 is 4.90 Å². The maximum Gasteiger partial charge on any atom is 0.256 e. The standard InChI is InChI=1S/C24H28FN5OS/c1-3-20-26-22(21-17-9-10-28(4-2)15-19(17)32-23(21)27-20)29-11-13-30(14-12-29)24(31)16-7-5-6-8-18(16)25/h5-8H,3-4,9-15H2,1-2H3. The van der Waals surface area contributed by atoms with E-state index in [4.69, 9.17) is 9.97 Å². The van der Waals surface area contributed by atoms with E-state index >= 15 is 0 Å². The molecule has 1 saturated heterocycles. The number of carbonyl (C=O) groups is 1. The number of fused-ring (bicyclic) bond motifs is 3. The average Bonchev–Trinajstić information content (AvgIpc) is 3.21. The molecule has 0 saturated carbocycles. The van der Waals surface area contributed by atoms with Crippen LogP contribution >= 0.6 is 11.3 Å². The van der Waals surface area contributed by atoms with Gasteiger partial charge in [-0.1, -0.05) is 26.0 Å². The fourth-order valence-corrected chi connectivity index (χ4v) is 5.93. The van der Waals surface area contributed by atoms with Crippen LogP contribution in [-0.4, -0.2) is 64.9 Å².